The summed E-state index contributed by atoms with van der Waals surface area (Å²) in [5.41, 5.74) is 1.87. The molecule has 4 rings (SSSR count). The molecule has 1 amide bonds. The zero-order valence-electron chi connectivity index (χ0n) is 17.0. The minimum absolute atomic E-state index is 0.0968. The molecule has 0 atom stereocenters. The molecule has 0 saturated heterocycles. The normalized spacial score (nSPS) is 10.9. The molecule has 0 radical (unpaired) electrons. The number of anilines is 1. The highest BCUT2D eigenvalue weighted by molar-refractivity contribution is 7.04. The van der Waals surface area contributed by atoms with Gasteiger partial charge in [0.05, 0.1) is 24.9 Å². The van der Waals surface area contributed by atoms with Crippen LogP contribution in [-0.4, -0.2) is 26.5 Å². The third-order valence-electron chi connectivity index (χ3n) is 4.90. The van der Waals surface area contributed by atoms with Crippen LogP contribution < -0.4 is 21.3 Å². The first-order valence-electron chi connectivity index (χ1n) is 9.54. The maximum atomic E-state index is 13.2. The van der Waals surface area contributed by atoms with Crippen molar-refractivity contribution in [3.63, 3.8) is 0 Å². The zero-order chi connectivity index (χ0) is 22.0. The summed E-state index contributed by atoms with van der Waals surface area (Å²) in [5.74, 6) is 0.0921. The van der Waals surface area contributed by atoms with Gasteiger partial charge in [0.25, 0.3) is 5.56 Å². The van der Waals surface area contributed by atoms with Crippen LogP contribution in [0.15, 0.2) is 63.5 Å². The Morgan fingerprint density at radius 2 is 1.84 bits per heavy atom. The molecule has 1 N–H and O–H groups in total. The first-order chi connectivity index (χ1) is 15.0. The maximum Gasteiger partial charge on any atom is 0.332 e. The van der Waals surface area contributed by atoms with Crippen LogP contribution >= 0.6 is 11.5 Å². The van der Waals surface area contributed by atoms with Crippen LogP contribution in [0.3, 0.4) is 0 Å². The van der Waals surface area contributed by atoms with Crippen LogP contribution in [0.2, 0.25) is 0 Å². The van der Waals surface area contributed by atoms with Gasteiger partial charge in [-0.15, -0.1) is 0 Å². The van der Waals surface area contributed by atoms with Crippen molar-refractivity contribution >= 4 is 34.2 Å². The molecule has 0 fully saturated rings. The number of aromatic nitrogens is 3. The van der Waals surface area contributed by atoms with E-state index in [2.05, 4.69) is 9.69 Å². The molecule has 9 heteroatoms. The number of nitrogens with one attached hydrogen (secondary N) is 1. The number of ether oxygens (including phenoxy) is 1. The number of carbonyl (C=O) groups excluding carboxylic acids is 1. The van der Waals surface area contributed by atoms with Crippen molar-refractivity contribution in [1.82, 2.24) is 13.5 Å². The molecule has 0 aliphatic heterocycles. The number of hydrogen-bond donors (Lipinski definition) is 1. The van der Waals surface area contributed by atoms with E-state index >= 15 is 0 Å². The van der Waals surface area contributed by atoms with E-state index in [1.807, 2.05) is 31.2 Å². The molecule has 0 aliphatic carbocycles. The lowest BCUT2D eigenvalue weighted by molar-refractivity contribution is -0.116. The molecule has 0 unspecified atom stereocenters. The van der Waals surface area contributed by atoms with E-state index in [4.69, 9.17) is 4.74 Å². The first-order valence-corrected chi connectivity index (χ1v) is 10.4. The fourth-order valence-electron chi connectivity index (χ4n) is 3.28. The number of benzene rings is 2. The molecule has 8 nitrogen and oxygen atoms in total. The summed E-state index contributed by atoms with van der Waals surface area (Å²) < 4.78 is 11.8. The Kier molecular flexibility index (Phi) is 5.68. The third kappa shape index (κ3) is 4.13. The highest BCUT2D eigenvalue weighted by Gasteiger charge is 2.18. The van der Waals surface area contributed by atoms with Gasteiger partial charge in [0.2, 0.25) is 5.91 Å². The number of amides is 1. The van der Waals surface area contributed by atoms with Crippen molar-refractivity contribution in [3.8, 4) is 5.75 Å². The van der Waals surface area contributed by atoms with E-state index < -0.39 is 17.2 Å². The number of aryl methyl sites for hydroxylation is 1. The molecular weight excluding hydrogens is 416 g/mol. The molecule has 0 spiro atoms. The molecule has 2 aromatic heterocycles. The SMILES string of the molecule is COc1ccccc1NC(=O)Cn1c(=O)n(Cc2ccc(C)cc2)c(=O)c2nscc21. The Balaban J connectivity index is 1.71. The van der Waals surface area contributed by atoms with Gasteiger partial charge in [0.1, 0.15) is 12.3 Å². The lowest BCUT2D eigenvalue weighted by Crippen LogP contribution is -2.41. The summed E-state index contributed by atoms with van der Waals surface area (Å²) in [6, 6.07) is 14.6. The van der Waals surface area contributed by atoms with Crippen molar-refractivity contribution in [3.05, 3.63) is 85.9 Å². The number of methoxy groups -OCH3 is 1. The lowest BCUT2D eigenvalue weighted by atomic mass is 10.1. The third-order valence-corrected chi connectivity index (χ3v) is 5.51. The summed E-state index contributed by atoms with van der Waals surface area (Å²) in [6.45, 7) is 1.80. The molecule has 31 heavy (non-hydrogen) atoms. The van der Waals surface area contributed by atoms with Crippen molar-refractivity contribution in [2.45, 2.75) is 20.0 Å². The van der Waals surface area contributed by atoms with E-state index in [9.17, 15) is 14.4 Å². The van der Waals surface area contributed by atoms with Crippen molar-refractivity contribution in [1.29, 1.82) is 0 Å². The Morgan fingerprint density at radius 3 is 2.58 bits per heavy atom. The van der Waals surface area contributed by atoms with Gasteiger partial charge in [0.15, 0.2) is 5.52 Å². The number of para-hydroxylation sites is 2. The average molecular weight is 436 g/mol. The second kappa shape index (κ2) is 8.57. The van der Waals surface area contributed by atoms with Crippen LogP contribution in [0.1, 0.15) is 11.1 Å². The minimum atomic E-state index is -0.562. The molecule has 0 bridgehead atoms. The molecular formula is C22H20N4O4S. The Labute approximate surface area is 181 Å². The van der Waals surface area contributed by atoms with Gasteiger partial charge in [-0.1, -0.05) is 42.0 Å². The zero-order valence-corrected chi connectivity index (χ0v) is 17.8. The van der Waals surface area contributed by atoms with E-state index in [-0.39, 0.29) is 18.6 Å². The van der Waals surface area contributed by atoms with Gasteiger partial charge >= 0.3 is 5.69 Å². The summed E-state index contributed by atoms with van der Waals surface area (Å²) >= 11 is 1.07. The number of hydrogen-bond acceptors (Lipinski definition) is 6. The number of rotatable bonds is 6. The van der Waals surface area contributed by atoms with Gasteiger partial charge < -0.3 is 10.1 Å². The fraction of sp³-hybridized carbons (Fsp3) is 0.182. The monoisotopic (exact) mass is 436 g/mol. The number of nitrogens with zero attached hydrogens (tertiary/aromatic N) is 3. The second-order valence-corrected chi connectivity index (χ2v) is 7.67. The van der Waals surface area contributed by atoms with E-state index in [1.165, 1.54) is 11.7 Å². The Bertz CT molecular complexity index is 1370. The lowest BCUT2D eigenvalue weighted by Gasteiger charge is -2.13. The van der Waals surface area contributed by atoms with Crippen molar-refractivity contribution < 1.29 is 9.53 Å². The highest BCUT2D eigenvalue weighted by Crippen LogP contribution is 2.23. The van der Waals surface area contributed by atoms with E-state index in [0.717, 1.165) is 27.2 Å². The van der Waals surface area contributed by atoms with Gasteiger partial charge in [-0.3, -0.25) is 18.7 Å². The van der Waals surface area contributed by atoms with Crippen LogP contribution in [-0.2, 0) is 17.9 Å². The molecule has 4 aromatic rings. The fourth-order valence-corrected chi connectivity index (χ4v) is 3.95. The molecule has 2 aromatic carbocycles. The topological polar surface area (TPSA) is 95.2 Å². The summed E-state index contributed by atoms with van der Waals surface area (Å²) in [4.78, 5) is 38.8. The van der Waals surface area contributed by atoms with Gasteiger partial charge in [0, 0.05) is 5.38 Å². The molecule has 0 saturated carbocycles. The van der Waals surface area contributed by atoms with Crippen LogP contribution in [0.4, 0.5) is 5.69 Å². The minimum Gasteiger partial charge on any atom is -0.495 e. The molecule has 0 aliphatic rings. The predicted octanol–water partition coefficient (Wildman–Crippen LogP) is 2.62. The Hall–Kier alpha value is -3.72. The largest absolute Gasteiger partial charge is 0.495 e. The smallest absolute Gasteiger partial charge is 0.332 e. The van der Waals surface area contributed by atoms with Gasteiger partial charge in [-0.25, -0.2) is 4.79 Å². The Morgan fingerprint density at radius 1 is 1.10 bits per heavy atom. The quantitative estimate of drug-likeness (QED) is 0.501. The summed E-state index contributed by atoms with van der Waals surface area (Å²) in [5, 5.41) is 4.36. The van der Waals surface area contributed by atoms with Gasteiger partial charge in [-0.2, -0.15) is 4.37 Å². The standard InChI is InChI=1S/C22H20N4O4S/c1-14-7-9-15(10-8-14)11-26-21(28)20-17(13-31-24-20)25(22(26)29)12-19(27)23-16-5-3-4-6-18(16)30-2/h3-10,13H,11-12H2,1-2H3,(H,23,27). The van der Waals surface area contributed by atoms with Crippen LogP contribution in [0.5, 0.6) is 5.75 Å². The number of fused-ring (bicyclic) bond motifs is 1. The summed E-state index contributed by atoms with van der Waals surface area (Å²) in [6.07, 6.45) is 0. The first kappa shape index (κ1) is 20.5. The van der Waals surface area contributed by atoms with E-state index in [0.29, 0.717) is 17.0 Å². The summed E-state index contributed by atoms with van der Waals surface area (Å²) in [7, 11) is 1.51. The van der Waals surface area contributed by atoms with Gasteiger partial charge in [-0.05, 0) is 36.2 Å². The maximum absolute atomic E-state index is 13.2. The predicted molar refractivity (Wildman–Crippen MR) is 120 cm³/mol. The highest BCUT2D eigenvalue weighted by atomic mass is 32.1. The van der Waals surface area contributed by atoms with Crippen LogP contribution in [0.25, 0.3) is 11.0 Å². The molecule has 2 heterocycles. The second-order valence-electron chi connectivity index (χ2n) is 7.04. The van der Waals surface area contributed by atoms with Crippen molar-refractivity contribution in [2.24, 2.45) is 0 Å². The molecule has 158 valence electrons. The van der Waals surface area contributed by atoms with E-state index in [1.54, 1.807) is 29.6 Å². The number of carbonyl (C=O) groups is 1. The average Bonchev–Trinajstić information content (AvgIpc) is 3.26. The van der Waals surface area contributed by atoms with Crippen LogP contribution in [0, 0.1) is 6.92 Å². The van der Waals surface area contributed by atoms with Crippen molar-refractivity contribution in [2.75, 3.05) is 12.4 Å².